The van der Waals surface area contributed by atoms with Crippen molar-refractivity contribution in [3.05, 3.63) is 57.7 Å². The second-order valence-electron chi connectivity index (χ2n) is 5.85. The summed E-state index contributed by atoms with van der Waals surface area (Å²) in [6, 6.07) is 14.8. The minimum absolute atomic E-state index is 0.159. The van der Waals surface area contributed by atoms with E-state index in [9.17, 15) is 9.59 Å². The lowest BCUT2D eigenvalue weighted by Crippen LogP contribution is -2.39. The molecule has 130 valence electrons. The van der Waals surface area contributed by atoms with Gasteiger partial charge < -0.3 is 10.1 Å². The van der Waals surface area contributed by atoms with Crippen molar-refractivity contribution in [2.24, 2.45) is 0 Å². The topological polar surface area (TPSA) is 58.6 Å². The van der Waals surface area contributed by atoms with Crippen LogP contribution in [0.1, 0.15) is 12.0 Å². The summed E-state index contributed by atoms with van der Waals surface area (Å²) in [6.45, 7) is 0.635. The second-order valence-corrected chi connectivity index (χ2v) is 7.10. The summed E-state index contributed by atoms with van der Waals surface area (Å²) < 4.78 is 6.20. The maximum Gasteiger partial charge on any atom is 0.251 e. The zero-order valence-corrected chi connectivity index (χ0v) is 16.0. The minimum atomic E-state index is -0.454. The van der Waals surface area contributed by atoms with Crippen molar-refractivity contribution >= 4 is 40.1 Å². The molecule has 0 saturated carbocycles. The van der Waals surface area contributed by atoms with Crippen molar-refractivity contribution in [2.45, 2.75) is 18.9 Å². The molecule has 0 aliphatic carbocycles. The monoisotopic (exact) mass is 450 g/mol. The van der Waals surface area contributed by atoms with Gasteiger partial charge in [0.2, 0.25) is 5.91 Å². The fraction of sp³-hybridized carbons (Fsp3) is 0.263. The lowest BCUT2D eigenvalue weighted by molar-refractivity contribution is -0.121. The molecule has 0 aromatic heterocycles. The van der Waals surface area contributed by atoms with Crippen LogP contribution in [-0.2, 0) is 16.0 Å². The van der Waals surface area contributed by atoms with Crippen LogP contribution in [0.15, 0.2) is 48.5 Å². The molecule has 0 spiro atoms. The van der Waals surface area contributed by atoms with Crippen LogP contribution in [0.5, 0.6) is 5.75 Å². The highest BCUT2D eigenvalue weighted by Crippen LogP contribution is 2.23. The van der Waals surface area contributed by atoms with E-state index in [4.69, 9.17) is 4.74 Å². The molecule has 1 atom stereocenters. The van der Waals surface area contributed by atoms with Gasteiger partial charge in [0.05, 0.1) is 25.3 Å². The summed E-state index contributed by atoms with van der Waals surface area (Å²) >= 11 is 2.19. The molecule has 1 heterocycles. The molecule has 1 aliphatic heterocycles. The number of carbonyl (C=O) groups excluding carboxylic acids is 2. The van der Waals surface area contributed by atoms with Gasteiger partial charge in [-0.3, -0.25) is 9.59 Å². The molecule has 0 bridgehead atoms. The quantitative estimate of drug-likeness (QED) is 0.544. The highest BCUT2D eigenvalue weighted by molar-refractivity contribution is 14.1. The lowest BCUT2D eigenvalue weighted by atomic mass is 10.1. The number of amides is 2. The maximum absolute atomic E-state index is 12.6. The van der Waals surface area contributed by atoms with Crippen molar-refractivity contribution in [1.82, 2.24) is 5.32 Å². The number of nitrogens with zero attached hydrogens (tertiary/aromatic N) is 1. The molecule has 5 nitrogen and oxygen atoms in total. The first kappa shape index (κ1) is 17.9. The number of halogens is 1. The average molecular weight is 450 g/mol. The van der Waals surface area contributed by atoms with Crippen LogP contribution < -0.4 is 15.0 Å². The highest BCUT2D eigenvalue weighted by Gasteiger charge is 2.39. The van der Waals surface area contributed by atoms with Gasteiger partial charge in [-0.2, -0.15) is 0 Å². The molecular formula is C19H19IN2O3. The number of benzene rings is 2. The minimum Gasteiger partial charge on any atom is -0.497 e. The SMILES string of the molecule is COc1ccc(CCNC2CC(=O)N(c3ccc(I)cc3)C2=O)cc1. The molecule has 1 unspecified atom stereocenters. The van der Waals surface area contributed by atoms with E-state index in [0.717, 1.165) is 21.3 Å². The number of ether oxygens (including phenoxy) is 1. The molecule has 1 saturated heterocycles. The van der Waals surface area contributed by atoms with E-state index >= 15 is 0 Å². The van der Waals surface area contributed by atoms with Crippen LogP contribution >= 0.6 is 22.6 Å². The van der Waals surface area contributed by atoms with Gasteiger partial charge in [0.1, 0.15) is 5.75 Å². The molecule has 1 fully saturated rings. The normalized spacial score (nSPS) is 17.2. The first-order chi connectivity index (χ1) is 12.1. The summed E-state index contributed by atoms with van der Waals surface area (Å²) in [5.41, 5.74) is 1.79. The first-order valence-electron chi connectivity index (χ1n) is 8.07. The zero-order valence-electron chi connectivity index (χ0n) is 13.9. The van der Waals surface area contributed by atoms with Crippen molar-refractivity contribution in [1.29, 1.82) is 0 Å². The van der Waals surface area contributed by atoms with Crippen LogP contribution in [0, 0.1) is 3.57 Å². The van der Waals surface area contributed by atoms with Crippen molar-refractivity contribution < 1.29 is 14.3 Å². The number of imide groups is 1. The third kappa shape index (κ3) is 4.19. The summed E-state index contributed by atoms with van der Waals surface area (Å²) in [5, 5.41) is 3.21. The Kier molecular flexibility index (Phi) is 5.70. The van der Waals surface area contributed by atoms with Gasteiger partial charge in [-0.15, -0.1) is 0 Å². The molecule has 3 rings (SSSR count). The van der Waals surface area contributed by atoms with E-state index in [-0.39, 0.29) is 18.2 Å². The number of methoxy groups -OCH3 is 1. The van der Waals surface area contributed by atoms with Crippen LogP contribution in [-0.4, -0.2) is 31.5 Å². The van der Waals surface area contributed by atoms with Crippen LogP contribution in [0.4, 0.5) is 5.69 Å². The smallest absolute Gasteiger partial charge is 0.251 e. The maximum atomic E-state index is 12.6. The van der Waals surface area contributed by atoms with Gasteiger partial charge in [0, 0.05) is 3.57 Å². The standard InChI is InChI=1S/C19H19IN2O3/c1-25-16-8-2-13(3-9-16)10-11-21-17-12-18(23)22(19(17)24)15-6-4-14(20)5-7-15/h2-9,17,21H,10-12H2,1H3. The van der Waals surface area contributed by atoms with E-state index in [2.05, 4.69) is 27.9 Å². The molecule has 0 radical (unpaired) electrons. The molecule has 2 aromatic carbocycles. The summed E-state index contributed by atoms with van der Waals surface area (Å²) in [5.74, 6) is 0.482. The Bertz CT molecular complexity index is 759. The average Bonchev–Trinajstić information content (AvgIpc) is 2.90. The lowest BCUT2D eigenvalue weighted by Gasteiger charge is -2.15. The summed E-state index contributed by atoms with van der Waals surface area (Å²) in [7, 11) is 1.64. The molecule has 2 aromatic rings. The number of rotatable bonds is 6. The number of hydrogen-bond acceptors (Lipinski definition) is 4. The Morgan fingerprint density at radius 1 is 1.12 bits per heavy atom. The van der Waals surface area contributed by atoms with E-state index in [1.54, 1.807) is 19.2 Å². The highest BCUT2D eigenvalue weighted by atomic mass is 127. The summed E-state index contributed by atoms with van der Waals surface area (Å²) in [4.78, 5) is 26.1. The molecule has 25 heavy (non-hydrogen) atoms. The number of carbonyl (C=O) groups is 2. The van der Waals surface area contributed by atoms with Crippen molar-refractivity contribution in [3.8, 4) is 5.75 Å². The molecular weight excluding hydrogens is 431 g/mol. The molecule has 2 amide bonds. The van der Waals surface area contributed by atoms with E-state index in [1.807, 2.05) is 36.4 Å². The van der Waals surface area contributed by atoms with E-state index in [1.165, 1.54) is 4.90 Å². The fourth-order valence-corrected chi connectivity index (χ4v) is 3.20. The van der Waals surface area contributed by atoms with Crippen molar-refractivity contribution in [3.63, 3.8) is 0 Å². The zero-order chi connectivity index (χ0) is 17.8. The third-order valence-electron chi connectivity index (χ3n) is 4.19. The second kappa shape index (κ2) is 7.97. The number of nitrogens with one attached hydrogen (secondary N) is 1. The third-order valence-corrected chi connectivity index (χ3v) is 4.91. The molecule has 1 aliphatic rings. The Morgan fingerprint density at radius 2 is 1.80 bits per heavy atom. The largest absolute Gasteiger partial charge is 0.497 e. The summed E-state index contributed by atoms with van der Waals surface area (Å²) in [6.07, 6.45) is 0.985. The van der Waals surface area contributed by atoms with Gasteiger partial charge in [-0.25, -0.2) is 4.90 Å². The molecule has 6 heteroatoms. The fourth-order valence-electron chi connectivity index (χ4n) is 2.84. The predicted molar refractivity (Wildman–Crippen MR) is 105 cm³/mol. The molecule has 1 N–H and O–H groups in total. The number of hydrogen-bond donors (Lipinski definition) is 1. The van der Waals surface area contributed by atoms with Gasteiger partial charge in [0.15, 0.2) is 0 Å². The Labute approximate surface area is 160 Å². The van der Waals surface area contributed by atoms with Gasteiger partial charge in [-0.1, -0.05) is 12.1 Å². The van der Waals surface area contributed by atoms with E-state index < -0.39 is 6.04 Å². The van der Waals surface area contributed by atoms with Gasteiger partial charge in [0.25, 0.3) is 5.91 Å². The Morgan fingerprint density at radius 3 is 2.44 bits per heavy atom. The first-order valence-corrected chi connectivity index (χ1v) is 9.15. The Balaban J connectivity index is 1.57. The van der Waals surface area contributed by atoms with Gasteiger partial charge >= 0.3 is 0 Å². The van der Waals surface area contributed by atoms with Crippen molar-refractivity contribution in [2.75, 3.05) is 18.6 Å². The number of anilines is 1. The predicted octanol–water partition coefficient (Wildman–Crippen LogP) is 2.76. The Hall–Kier alpha value is -1.93. The van der Waals surface area contributed by atoms with E-state index in [0.29, 0.717) is 12.2 Å². The van der Waals surface area contributed by atoms with Gasteiger partial charge in [-0.05, 0) is 77.5 Å². The van der Waals surface area contributed by atoms with Crippen LogP contribution in [0.3, 0.4) is 0 Å². The van der Waals surface area contributed by atoms with Crippen LogP contribution in [0.2, 0.25) is 0 Å². The van der Waals surface area contributed by atoms with Crippen LogP contribution in [0.25, 0.3) is 0 Å².